The van der Waals surface area contributed by atoms with Gasteiger partial charge in [-0.25, -0.2) is 4.79 Å². The Kier molecular flexibility index (Phi) is 3.84. The highest BCUT2D eigenvalue weighted by atomic mass is 16.5. The minimum atomic E-state index is -0.859. The van der Waals surface area contributed by atoms with Crippen molar-refractivity contribution >= 4 is 22.7 Å². The van der Waals surface area contributed by atoms with Crippen molar-refractivity contribution in [2.45, 2.75) is 32.3 Å². The van der Waals surface area contributed by atoms with Gasteiger partial charge in [-0.15, -0.1) is 0 Å². The molecule has 5 nitrogen and oxygen atoms in total. The van der Waals surface area contributed by atoms with Crippen LogP contribution >= 0.6 is 0 Å². The molecule has 0 saturated heterocycles. The van der Waals surface area contributed by atoms with E-state index < -0.39 is 12.1 Å². The molecular weight excluding hydrogens is 316 g/mol. The minimum absolute atomic E-state index is 0.192. The standard InChI is InChI=1S/C20H18N2O3/c1-12(19(23)15-10-9-13-5-4-6-14(13)11-15)25-20(24)18-16-7-2-3-8-17(16)21-22-18/h2-3,7-12H,4-6H2,1H3,(H,21,22)/t12-/m1/s1. The summed E-state index contributed by atoms with van der Waals surface area (Å²) in [6, 6.07) is 13.1. The summed E-state index contributed by atoms with van der Waals surface area (Å²) < 4.78 is 5.37. The summed E-state index contributed by atoms with van der Waals surface area (Å²) in [5, 5.41) is 7.50. The van der Waals surface area contributed by atoms with E-state index in [2.05, 4.69) is 10.2 Å². The molecule has 5 heteroatoms. The number of fused-ring (bicyclic) bond motifs is 2. The number of aromatic amines is 1. The van der Waals surface area contributed by atoms with E-state index in [1.807, 2.05) is 36.4 Å². The molecule has 0 spiro atoms. The van der Waals surface area contributed by atoms with Gasteiger partial charge in [0, 0.05) is 10.9 Å². The van der Waals surface area contributed by atoms with Gasteiger partial charge in [0.1, 0.15) is 0 Å². The number of carbonyl (C=O) groups is 2. The van der Waals surface area contributed by atoms with Crippen LogP contribution in [0.15, 0.2) is 42.5 Å². The van der Waals surface area contributed by atoms with E-state index >= 15 is 0 Å². The van der Waals surface area contributed by atoms with Gasteiger partial charge in [0.2, 0.25) is 5.78 Å². The molecule has 1 atom stereocenters. The Morgan fingerprint density at radius 3 is 2.80 bits per heavy atom. The van der Waals surface area contributed by atoms with E-state index in [4.69, 9.17) is 4.74 Å². The molecule has 3 aromatic rings. The van der Waals surface area contributed by atoms with Crippen molar-refractivity contribution in [3.8, 4) is 0 Å². The summed E-state index contributed by atoms with van der Waals surface area (Å²) >= 11 is 0. The van der Waals surface area contributed by atoms with Crippen LogP contribution in [-0.2, 0) is 17.6 Å². The third-order valence-electron chi connectivity index (χ3n) is 4.70. The van der Waals surface area contributed by atoms with E-state index in [-0.39, 0.29) is 11.5 Å². The smallest absolute Gasteiger partial charge is 0.360 e. The van der Waals surface area contributed by atoms with Crippen molar-refractivity contribution < 1.29 is 14.3 Å². The van der Waals surface area contributed by atoms with Crippen molar-refractivity contribution in [3.63, 3.8) is 0 Å². The second-order valence-corrected chi connectivity index (χ2v) is 6.37. The van der Waals surface area contributed by atoms with Gasteiger partial charge in [0.15, 0.2) is 11.8 Å². The first kappa shape index (κ1) is 15.6. The fraction of sp³-hybridized carbons (Fsp3) is 0.250. The molecule has 1 N–H and O–H groups in total. The molecule has 1 aliphatic carbocycles. The molecule has 0 unspecified atom stereocenters. The number of aromatic nitrogens is 2. The third kappa shape index (κ3) is 2.82. The Balaban J connectivity index is 1.52. The highest BCUT2D eigenvalue weighted by Gasteiger charge is 2.24. The fourth-order valence-corrected chi connectivity index (χ4v) is 3.35. The largest absolute Gasteiger partial charge is 0.449 e. The Morgan fingerprint density at radius 1 is 1.12 bits per heavy atom. The number of ketones is 1. The molecule has 126 valence electrons. The molecule has 4 rings (SSSR count). The zero-order valence-corrected chi connectivity index (χ0v) is 13.9. The van der Waals surface area contributed by atoms with Gasteiger partial charge in [-0.1, -0.05) is 30.3 Å². The van der Waals surface area contributed by atoms with Crippen molar-refractivity contribution in [1.29, 1.82) is 0 Å². The number of Topliss-reactive ketones (excluding diaryl/α,β-unsaturated/α-hetero) is 1. The number of nitrogens with zero attached hydrogens (tertiary/aromatic N) is 1. The number of aryl methyl sites for hydroxylation is 2. The molecule has 1 aromatic heterocycles. The zero-order valence-electron chi connectivity index (χ0n) is 13.9. The van der Waals surface area contributed by atoms with Crippen LogP contribution in [0.1, 0.15) is 45.3 Å². The van der Waals surface area contributed by atoms with Gasteiger partial charge < -0.3 is 4.74 Å². The van der Waals surface area contributed by atoms with Crippen LogP contribution < -0.4 is 0 Å². The van der Waals surface area contributed by atoms with Gasteiger partial charge in [-0.3, -0.25) is 9.89 Å². The van der Waals surface area contributed by atoms with Gasteiger partial charge in [0.05, 0.1) is 5.52 Å². The molecule has 1 heterocycles. The van der Waals surface area contributed by atoms with Crippen molar-refractivity contribution in [2.24, 2.45) is 0 Å². The monoisotopic (exact) mass is 334 g/mol. The molecule has 0 fully saturated rings. The number of rotatable bonds is 4. The number of benzene rings is 2. The van der Waals surface area contributed by atoms with Gasteiger partial charge in [-0.2, -0.15) is 5.10 Å². The van der Waals surface area contributed by atoms with Crippen LogP contribution in [0.3, 0.4) is 0 Å². The SMILES string of the molecule is C[C@@H](OC(=O)c1n[nH]c2ccccc12)C(=O)c1ccc2c(c1)CCC2. The van der Waals surface area contributed by atoms with Crippen molar-refractivity contribution in [3.05, 3.63) is 64.8 Å². The number of H-pyrrole nitrogens is 1. The Hall–Kier alpha value is -2.95. The number of esters is 1. The second kappa shape index (κ2) is 6.16. The molecule has 0 radical (unpaired) electrons. The van der Waals surface area contributed by atoms with E-state index in [9.17, 15) is 9.59 Å². The first-order valence-electron chi connectivity index (χ1n) is 8.43. The summed E-state index contributed by atoms with van der Waals surface area (Å²) in [5.41, 5.74) is 4.08. The quantitative estimate of drug-likeness (QED) is 0.586. The normalized spacial score (nSPS) is 14.3. The lowest BCUT2D eigenvalue weighted by Crippen LogP contribution is -2.24. The summed E-state index contributed by atoms with van der Waals surface area (Å²) in [4.78, 5) is 25.0. The van der Waals surface area contributed by atoms with Gasteiger partial charge in [-0.05, 0) is 49.4 Å². The summed E-state index contributed by atoms with van der Waals surface area (Å²) in [6.07, 6.45) is 2.34. The lowest BCUT2D eigenvalue weighted by molar-refractivity contribution is 0.0315. The number of nitrogens with one attached hydrogen (secondary N) is 1. The van der Waals surface area contributed by atoms with Crippen LogP contribution in [0.2, 0.25) is 0 Å². The van der Waals surface area contributed by atoms with Crippen LogP contribution in [0.25, 0.3) is 10.9 Å². The van der Waals surface area contributed by atoms with Gasteiger partial charge >= 0.3 is 5.97 Å². The molecule has 0 bridgehead atoms. The van der Waals surface area contributed by atoms with Crippen LogP contribution in [0, 0.1) is 0 Å². The summed E-state index contributed by atoms with van der Waals surface area (Å²) in [6.45, 7) is 1.60. The number of hydrogen-bond acceptors (Lipinski definition) is 4. The molecule has 2 aromatic carbocycles. The molecule has 0 amide bonds. The molecule has 0 saturated carbocycles. The molecule has 1 aliphatic rings. The lowest BCUT2D eigenvalue weighted by Gasteiger charge is -2.12. The maximum absolute atomic E-state index is 12.6. The number of hydrogen-bond donors (Lipinski definition) is 1. The Morgan fingerprint density at radius 2 is 1.92 bits per heavy atom. The highest BCUT2D eigenvalue weighted by molar-refractivity contribution is 6.05. The zero-order chi connectivity index (χ0) is 17.4. The van der Waals surface area contributed by atoms with Gasteiger partial charge in [0.25, 0.3) is 0 Å². The average Bonchev–Trinajstić information content (AvgIpc) is 3.26. The summed E-state index contributed by atoms with van der Waals surface area (Å²) in [5.74, 6) is -0.789. The van der Waals surface area contributed by atoms with E-state index in [0.717, 1.165) is 24.8 Å². The molecular formula is C20H18N2O3. The van der Waals surface area contributed by atoms with E-state index in [1.54, 1.807) is 13.0 Å². The van der Waals surface area contributed by atoms with Crippen molar-refractivity contribution in [1.82, 2.24) is 10.2 Å². The average molecular weight is 334 g/mol. The van der Waals surface area contributed by atoms with Crippen LogP contribution in [0.4, 0.5) is 0 Å². The first-order chi connectivity index (χ1) is 12.1. The van der Waals surface area contributed by atoms with Crippen molar-refractivity contribution in [2.75, 3.05) is 0 Å². The first-order valence-corrected chi connectivity index (χ1v) is 8.43. The Labute approximate surface area is 145 Å². The van der Waals surface area contributed by atoms with E-state index in [1.165, 1.54) is 11.1 Å². The third-order valence-corrected chi connectivity index (χ3v) is 4.70. The predicted molar refractivity (Wildman–Crippen MR) is 93.8 cm³/mol. The molecule has 25 heavy (non-hydrogen) atoms. The predicted octanol–water partition coefficient (Wildman–Crippen LogP) is 3.48. The number of carbonyl (C=O) groups excluding carboxylic acids is 2. The fourth-order valence-electron chi connectivity index (χ4n) is 3.35. The minimum Gasteiger partial charge on any atom is -0.449 e. The maximum Gasteiger partial charge on any atom is 0.360 e. The van der Waals surface area contributed by atoms with Crippen LogP contribution in [-0.4, -0.2) is 28.1 Å². The number of ether oxygens (including phenoxy) is 1. The maximum atomic E-state index is 12.6. The summed E-state index contributed by atoms with van der Waals surface area (Å²) in [7, 11) is 0. The number of para-hydroxylation sites is 1. The highest BCUT2D eigenvalue weighted by Crippen LogP contribution is 2.24. The molecule has 0 aliphatic heterocycles. The second-order valence-electron chi connectivity index (χ2n) is 6.37. The van der Waals surface area contributed by atoms with E-state index in [0.29, 0.717) is 10.9 Å². The van der Waals surface area contributed by atoms with Crippen LogP contribution in [0.5, 0.6) is 0 Å². The Bertz CT molecular complexity index is 974. The lowest BCUT2D eigenvalue weighted by atomic mass is 10.0. The topological polar surface area (TPSA) is 72.0 Å².